The lowest BCUT2D eigenvalue weighted by molar-refractivity contribution is 0.260. The molecule has 6 heteroatoms. The molecular formula is C14H22N2O3S. The highest BCUT2D eigenvalue weighted by molar-refractivity contribution is 7.89. The molecule has 0 aromatic carbocycles. The first-order valence-corrected chi connectivity index (χ1v) is 8.76. The van der Waals surface area contributed by atoms with Crippen LogP contribution in [0.4, 0.5) is 0 Å². The zero-order chi connectivity index (χ0) is 14.3. The lowest BCUT2D eigenvalue weighted by Crippen LogP contribution is -2.39. The van der Waals surface area contributed by atoms with Crippen molar-refractivity contribution in [2.24, 2.45) is 13.0 Å². The lowest BCUT2D eigenvalue weighted by Gasteiger charge is -2.30. The number of fused-ring (bicyclic) bond motifs is 1. The van der Waals surface area contributed by atoms with E-state index >= 15 is 0 Å². The molecule has 1 saturated carbocycles. The van der Waals surface area contributed by atoms with Gasteiger partial charge in [-0.05, 0) is 31.2 Å². The molecule has 3 rings (SSSR count). The molecule has 0 bridgehead atoms. The van der Waals surface area contributed by atoms with Crippen LogP contribution in [0.2, 0.25) is 0 Å². The van der Waals surface area contributed by atoms with Gasteiger partial charge in [0.2, 0.25) is 10.0 Å². The van der Waals surface area contributed by atoms with Gasteiger partial charge in [-0.1, -0.05) is 12.8 Å². The maximum absolute atomic E-state index is 12.8. The molecule has 1 aromatic heterocycles. The van der Waals surface area contributed by atoms with Crippen molar-refractivity contribution in [2.45, 2.75) is 49.6 Å². The fourth-order valence-electron chi connectivity index (χ4n) is 3.67. The average Bonchev–Trinajstić information content (AvgIpc) is 3.02. The van der Waals surface area contributed by atoms with Crippen LogP contribution in [0.5, 0.6) is 0 Å². The molecule has 1 N–H and O–H groups in total. The topological polar surface area (TPSA) is 62.5 Å². The highest BCUT2D eigenvalue weighted by atomic mass is 32.2. The summed E-state index contributed by atoms with van der Waals surface area (Å²) in [5.41, 5.74) is 0.628. The molecule has 0 radical (unpaired) electrons. The van der Waals surface area contributed by atoms with Gasteiger partial charge in [0.05, 0.1) is 6.61 Å². The number of hydrogen-bond acceptors (Lipinski definition) is 3. The third-order valence-electron chi connectivity index (χ3n) is 4.81. The number of rotatable bonds is 3. The van der Waals surface area contributed by atoms with Crippen LogP contribution in [0, 0.1) is 5.92 Å². The Hall–Kier alpha value is -0.850. The Bertz CT molecular complexity index is 594. The van der Waals surface area contributed by atoms with Gasteiger partial charge in [-0.25, -0.2) is 8.42 Å². The minimum absolute atomic E-state index is 0.141. The molecule has 1 aliphatic carbocycles. The van der Waals surface area contributed by atoms with Crippen molar-refractivity contribution >= 4 is 10.0 Å². The molecule has 0 spiro atoms. The zero-order valence-electron chi connectivity index (χ0n) is 11.8. The van der Waals surface area contributed by atoms with Crippen LogP contribution in [0.25, 0.3) is 0 Å². The Morgan fingerprint density at radius 3 is 2.75 bits per heavy atom. The van der Waals surface area contributed by atoms with Crippen LogP contribution >= 0.6 is 0 Å². The smallest absolute Gasteiger partial charge is 0.244 e. The van der Waals surface area contributed by atoms with Crippen LogP contribution in [0.15, 0.2) is 17.2 Å². The fraction of sp³-hybridized carbons (Fsp3) is 0.714. The normalized spacial score (nSPS) is 27.7. The van der Waals surface area contributed by atoms with E-state index in [2.05, 4.69) is 0 Å². The Morgan fingerprint density at radius 1 is 1.30 bits per heavy atom. The van der Waals surface area contributed by atoms with Gasteiger partial charge in [0.25, 0.3) is 0 Å². The predicted molar refractivity (Wildman–Crippen MR) is 75.6 cm³/mol. The number of hydrogen-bond donors (Lipinski definition) is 1. The van der Waals surface area contributed by atoms with Gasteiger partial charge in [0, 0.05) is 31.5 Å². The molecule has 112 valence electrons. The molecule has 2 fully saturated rings. The van der Waals surface area contributed by atoms with Gasteiger partial charge in [-0.15, -0.1) is 0 Å². The number of aliphatic hydroxyl groups excluding tert-OH is 1. The predicted octanol–water partition coefficient (Wildman–Crippen LogP) is 1.47. The molecule has 5 nitrogen and oxygen atoms in total. The van der Waals surface area contributed by atoms with Gasteiger partial charge in [-0.2, -0.15) is 4.31 Å². The summed E-state index contributed by atoms with van der Waals surface area (Å²) in [6, 6.07) is 1.78. The highest BCUT2D eigenvalue weighted by Crippen LogP contribution is 2.39. The van der Waals surface area contributed by atoms with Gasteiger partial charge >= 0.3 is 0 Å². The van der Waals surface area contributed by atoms with Gasteiger partial charge < -0.3 is 9.67 Å². The van der Waals surface area contributed by atoms with Gasteiger partial charge in [-0.3, -0.25) is 0 Å². The van der Waals surface area contributed by atoms with Crippen molar-refractivity contribution < 1.29 is 13.5 Å². The Balaban J connectivity index is 1.91. The van der Waals surface area contributed by atoms with Crippen LogP contribution in [-0.4, -0.2) is 35.0 Å². The van der Waals surface area contributed by atoms with Crippen molar-refractivity contribution in [1.29, 1.82) is 0 Å². The Morgan fingerprint density at radius 2 is 2.05 bits per heavy atom. The number of aromatic nitrogens is 1. The number of nitrogens with zero attached hydrogens (tertiary/aromatic N) is 2. The summed E-state index contributed by atoms with van der Waals surface area (Å²) in [5, 5.41) is 9.22. The molecule has 2 aliphatic rings. The standard InChI is InChI=1S/C14H22N2O3S/c1-15-9-13(8-12(15)10-17)20(18,19)16-7-6-11-4-2-3-5-14(11)16/h8-9,11,14,17H,2-7,10H2,1H3. The van der Waals surface area contributed by atoms with E-state index in [1.54, 1.807) is 28.2 Å². The third-order valence-corrected chi connectivity index (χ3v) is 6.70. The molecule has 0 amide bonds. The quantitative estimate of drug-likeness (QED) is 0.919. The molecule has 1 aromatic rings. The van der Waals surface area contributed by atoms with E-state index in [4.69, 9.17) is 0 Å². The maximum atomic E-state index is 12.8. The lowest BCUT2D eigenvalue weighted by atomic mass is 9.86. The van der Waals surface area contributed by atoms with Crippen molar-refractivity contribution in [2.75, 3.05) is 6.54 Å². The van der Waals surface area contributed by atoms with Crippen LogP contribution in [0.1, 0.15) is 37.8 Å². The summed E-state index contributed by atoms with van der Waals surface area (Å²) in [5.74, 6) is 0.541. The molecular weight excluding hydrogens is 276 g/mol. The monoisotopic (exact) mass is 298 g/mol. The van der Waals surface area contributed by atoms with Gasteiger partial charge in [0.1, 0.15) is 4.90 Å². The van der Waals surface area contributed by atoms with Crippen molar-refractivity contribution in [3.63, 3.8) is 0 Å². The van der Waals surface area contributed by atoms with E-state index in [1.165, 1.54) is 6.42 Å². The van der Waals surface area contributed by atoms with Crippen LogP contribution in [-0.2, 0) is 23.7 Å². The average molecular weight is 298 g/mol. The summed E-state index contributed by atoms with van der Waals surface area (Å²) >= 11 is 0. The van der Waals surface area contributed by atoms with Crippen molar-refractivity contribution in [1.82, 2.24) is 8.87 Å². The van der Waals surface area contributed by atoms with E-state index in [0.29, 0.717) is 23.1 Å². The number of aryl methyl sites for hydroxylation is 1. The van der Waals surface area contributed by atoms with E-state index in [-0.39, 0.29) is 12.6 Å². The Labute approximate surface area is 120 Å². The summed E-state index contributed by atoms with van der Waals surface area (Å²) < 4.78 is 29.0. The van der Waals surface area contributed by atoms with Crippen LogP contribution in [0.3, 0.4) is 0 Å². The maximum Gasteiger partial charge on any atom is 0.244 e. The summed E-state index contributed by atoms with van der Waals surface area (Å²) in [4.78, 5) is 0.315. The Kier molecular flexibility index (Phi) is 3.64. The van der Waals surface area contributed by atoms with E-state index in [9.17, 15) is 13.5 Å². The first-order valence-electron chi connectivity index (χ1n) is 7.32. The summed E-state index contributed by atoms with van der Waals surface area (Å²) in [6.07, 6.45) is 7.11. The molecule has 2 atom stereocenters. The van der Waals surface area contributed by atoms with E-state index in [1.807, 2.05) is 0 Å². The second-order valence-electron chi connectivity index (χ2n) is 5.95. The van der Waals surface area contributed by atoms with Crippen molar-refractivity contribution in [3.05, 3.63) is 18.0 Å². The zero-order valence-corrected chi connectivity index (χ0v) is 12.6. The van der Waals surface area contributed by atoms with E-state index in [0.717, 1.165) is 25.7 Å². The first-order chi connectivity index (χ1) is 9.54. The minimum atomic E-state index is -3.42. The first kappa shape index (κ1) is 14.1. The largest absolute Gasteiger partial charge is 0.390 e. The SMILES string of the molecule is Cn1cc(S(=O)(=O)N2CCC3CCCCC32)cc1CO. The fourth-order valence-corrected chi connectivity index (χ4v) is 5.50. The second-order valence-corrected chi connectivity index (χ2v) is 7.84. The molecule has 20 heavy (non-hydrogen) atoms. The highest BCUT2D eigenvalue weighted by Gasteiger charge is 2.42. The number of aliphatic hydroxyl groups is 1. The van der Waals surface area contributed by atoms with E-state index < -0.39 is 10.0 Å². The molecule has 1 saturated heterocycles. The molecule has 1 aliphatic heterocycles. The van der Waals surface area contributed by atoms with Crippen molar-refractivity contribution in [3.8, 4) is 0 Å². The van der Waals surface area contributed by atoms with Gasteiger partial charge in [0.15, 0.2) is 0 Å². The number of sulfonamides is 1. The van der Waals surface area contributed by atoms with Crippen LogP contribution < -0.4 is 0 Å². The second kappa shape index (κ2) is 5.16. The molecule has 2 unspecified atom stereocenters. The minimum Gasteiger partial charge on any atom is -0.390 e. The summed E-state index contributed by atoms with van der Waals surface area (Å²) in [7, 11) is -1.66. The summed E-state index contributed by atoms with van der Waals surface area (Å²) in [6.45, 7) is 0.499. The third kappa shape index (κ3) is 2.19. The molecule has 2 heterocycles.